The third-order valence-corrected chi connectivity index (χ3v) is 9.10. The van der Waals surface area contributed by atoms with E-state index in [2.05, 4.69) is 54.8 Å². The van der Waals surface area contributed by atoms with E-state index in [1.165, 1.54) is 22.7 Å². The summed E-state index contributed by atoms with van der Waals surface area (Å²) in [6.07, 6.45) is 4.27. The molecule has 42 heavy (non-hydrogen) atoms. The van der Waals surface area contributed by atoms with E-state index in [1.54, 1.807) is 0 Å². The molecular weight excluding hydrogens is 571 g/mol. The maximum atomic E-state index is 12.6. The molecule has 0 aromatic carbocycles. The Kier molecular flexibility index (Phi) is 9.48. The Balaban J connectivity index is 1.14. The zero-order valence-corrected chi connectivity index (χ0v) is 25.8. The molecule has 11 nitrogen and oxygen atoms in total. The van der Waals surface area contributed by atoms with E-state index in [-0.39, 0.29) is 36.5 Å². The summed E-state index contributed by atoms with van der Waals surface area (Å²) >= 11 is 2.85. The zero-order chi connectivity index (χ0) is 29.6. The van der Waals surface area contributed by atoms with Crippen LogP contribution in [0.3, 0.4) is 0 Å². The van der Waals surface area contributed by atoms with Gasteiger partial charge in [-0.3, -0.25) is 14.6 Å². The Morgan fingerprint density at radius 3 is 1.93 bits per heavy atom. The van der Waals surface area contributed by atoms with Crippen molar-refractivity contribution in [2.45, 2.75) is 70.1 Å². The van der Waals surface area contributed by atoms with Crippen LogP contribution in [0.1, 0.15) is 84.4 Å². The number of rotatable bonds is 10. The van der Waals surface area contributed by atoms with Crippen LogP contribution in [0.4, 0.5) is 16.1 Å². The first-order valence-corrected chi connectivity index (χ1v) is 15.7. The lowest BCUT2D eigenvalue weighted by Gasteiger charge is -2.25. The minimum atomic E-state index is -0.172. The fraction of sp³-hybridized carbons (Fsp3) is 0.448. The van der Waals surface area contributed by atoms with Gasteiger partial charge in [0.2, 0.25) is 22.1 Å². The molecule has 1 fully saturated rings. The van der Waals surface area contributed by atoms with Gasteiger partial charge in [0.15, 0.2) is 0 Å². The van der Waals surface area contributed by atoms with E-state index in [9.17, 15) is 9.59 Å². The second-order valence-electron chi connectivity index (χ2n) is 11.0. The van der Waals surface area contributed by atoms with Gasteiger partial charge in [-0.05, 0) is 49.4 Å². The van der Waals surface area contributed by atoms with Gasteiger partial charge < -0.3 is 15.5 Å². The third kappa shape index (κ3) is 7.71. The van der Waals surface area contributed by atoms with Crippen LogP contribution >= 0.6 is 22.7 Å². The summed E-state index contributed by atoms with van der Waals surface area (Å²) in [5.74, 6) is 1.24. The van der Waals surface area contributed by atoms with E-state index in [0.717, 1.165) is 52.9 Å². The highest BCUT2D eigenvalue weighted by molar-refractivity contribution is 7.15. The molecule has 0 spiro atoms. The molecule has 13 heteroatoms. The quantitative estimate of drug-likeness (QED) is 0.251. The highest BCUT2D eigenvalue weighted by Crippen LogP contribution is 2.43. The minimum Gasteiger partial charge on any atom is -0.363 e. The number of carbonyl (C=O) groups is 2. The standard InChI is InChI=1S/C29H35N9O2S2/c1-17(2)22-12-6-10-20(30-22)15-24(39)32-28-36-34-26(41-28)18-8-5-9-19(14-18)27-35-37-29(42-27)33-25(40)16-21-11-7-13-23(31-21)38(3)4/h6-7,10-13,17-19H,5,8-9,14-16H2,1-4H3,(H,32,36,39)(H,33,37,40)/t18-,19-/m0/s1. The first-order chi connectivity index (χ1) is 20.2. The molecule has 0 aliphatic heterocycles. The van der Waals surface area contributed by atoms with Crippen molar-refractivity contribution in [3.8, 4) is 0 Å². The molecule has 2 N–H and O–H groups in total. The second kappa shape index (κ2) is 13.4. The molecule has 1 saturated carbocycles. The van der Waals surface area contributed by atoms with Crippen LogP contribution < -0.4 is 15.5 Å². The molecule has 0 bridgehead atoms. The largest absolute Gasteiger partial charge is 0.363 e. The van der Waals surface area contributed by atoms with Crippen LogP contribution in [0.5, 0.6) is 0 Å². The summed E-state index contributed by atoms with van der Waals surface area (Å²) in [5, 5.41) is 25.9. The molecular formula is C29H35N9O2S2. The van der Waals surface area contributed by atoms with Gasteiger partial charge in [-0.15, -0.1) is 20.4 Å². The summed E-state index contributed by atoms with van der Waals surface area (Å²) in [6, 6.07) is 11.4. The molecule has 1 aliphatic carbocycles. The maximum Gasteiger partial charge on any atom is 0.232 e. The summed E-state index contributed by atoms with van der Waals surface area (Å²) in [5.41, 5.74) is 2.41. The SMILES string of the molecule is CC(C)c1cccc(CC(=O)Nc2nnc([C@H]3CCC[C@H](c4nnc(NC(=O)Cc5cccc(N(C)C)n5)s4)C3)s2)n1. The Morgan fingerprint density at radius 1 is 0.833 bits per heavy atom. The topological polar surface area (TPSA) is 139 Å². The molecule has 4 aromatic heterocycles. The van der Waals surface area contributed by atoms with Gasteiger partial charge in [0, 0.05) is 31.6 Å². The van der Waals surface area contributed by atoms with Gasteiger partial charge >= 0.3 is 0 Å². The van der Waals surface area contributed by atoms with Crippen LogP contribution in [0, 0.1) is 0 Å². The highest BCUT2D eigenvalue weighted by atomic mass is 32.1. The first-order valence-electron chi connectivity index (χ1n) is 14.1. The van der Waals surface area contributed by atoms with Crippen molar-refractivity contribution in [2.24, 2.45) is 0 Å². The van der Waals surface area contributed by atoms with Crippen molar-refractivity contribution in [2.75, 3.05) is 29.6 Å². The lowest BCUT2D eigenvalue weighted by molar-refractivity contribution is -0.116. The van der Waals surface area contributed by atoms with Crippen molar-refractivity contribution in [1.29, 1.82) is 0 Å². The zero-order valence-electron chi connectivity index (χ0n) is 24.2. The molecule has 2 amide bonds. The van der Waals surface area contributed by atoms with E-state index in [0.29, 0.717) is 21.9 Å². The predicted octanol–water partition coefficient (Wildman–Crippen LogP) is 5.17. The highest BCUT2D eigenvalue weighted by Gasteiger charge is 2.29. The van der Waals surface area contributed by atoms with Gasteiger partial charge in [-0.1, -0.05) is 55.1 Å². The Morgan fingerprint density at radius 2 is 1.38 bits per heavy atom. The molecule has 4 aromatic rings. The number of pyridine rings is 2. The number of nitrogens with one attached hydrogen (secondary N) is 2. The molecule has 0 radical (unpaired) electrons. The lowest BCUT2D eigenvalue weighted by Crippen LogP contribution is -2.16. The Bertz CT molecular complexity index is 1420. The summed E-state index contributed by atoms with van der Waals surface area (Å²) < 4.78 is 0. The average molecular weight is 606 g/mol. The number of anilines is 3. The van der Waals surface area contributed by atoms with Gasteiger partial charge in [0.25, 0.3) is 0 Å². The van der Waals surface area contributed by atoms with E-state index in [4.69, 9.17) is 0 Å². The van der Waals surface area contributed by atoms with Crippen molar-refractivity contribution < 1.29 is 9.59 Å². The third-order valence-electron chi connectivity index (χ3n) is 7.10. The van der Waals surface area contributed by atoms with Crippen molar-refractivity contribution in [1.82, 2.24) is 30.4 Å². The molecule has 5 rings (SSSR count). The van der Waals surface area contributed by atoms with Gasteiger partial charge in [0.1, 0.15) is 15.8 Å². The molecule has 4 heterocycles. The van der Waals surface area contributed by atoms with Crippen molar-refractivity contribution in [3.63, 3.8) is 0 Å². The Hall–Kier alpha value is -3.84. The fourth-order valence-electron chi connectivity index (χ4n) is 4.93. The monoisotopic (exact) mass is 605 g/mol. The van der Waals surface area contributed by atoms with E-state index >= 15 is 0 Å². The molecule has 0 unspecified atom stereocenters. The van der Waals surface area contributed by atoms with E-state index in [1.807, 2.05) is 55.4 Å². The van der Waals surface area contributed by atoms with Gasteiger partial charge in [-0.25, -0.2) is 4.98 Å². The van der Waals surface area contributed by atoms with Crippen molar-refractivity contribution in [3.05, 3.63) is 63.5 Å². The molecule has 0 saturated heterocycles. The smallest absolute Gasteiger partial charge is 0.232 e. The van der Waals surface area contributed by atoms with Gasteiger partial charge in [0.05, 0.1) is 24.2 Å². The van der Waals surface area contributed by atoms with Crippen LogP contribution in [0.15, 0.2) is 36.4 Å². The molecule has 2 atom stereocenters. The average Bonchev–Trinajstić information content (AvgIpc) is 3.63. The molecule has 220 valence electrons. The number of amides is 2. The van der Waals surface area contributed by atoms with Crippen molar-refractivity contribution >= 4 is 50.6 Å². The number of aromatic nitrogens is 6. The summed E-state index contributed by atoms with van der Waals surface area (Å²) in [7, 11) is 3.83. The second-order valence-corrected chi connectivity index (χ2v) is 13.0. The number of hydrogen-bond acceptors (Lipinski definition) is 11. The summed E-state index contributed by atoms with van der Waals surface area (Å²) in [4.78, 5) is 36.3. The molecule has 1 aliphatic rings. The maximum absolute atomic E-state index is 12.6. The Labute approximate surface area is 253 Å². The normalized spacial score (nSPS) is 16.8. The van der Waals surface area contributed by atoms with Crippen LogP contribution in [0.2, 0.25) is 0 Å². The number of nitrogens with zero attached hydrogens (tertiary/aromatic N) is 7. The first kappa shape index (κ1) is 29.6. The fourth-order valence-corrected chi connectivity index (χ4v) is 6.74. The van der Waals surface area contributed by atoms with E-state index < -0.39 is 0 Å². The predicted molar refractivity (Wildman–Crippen MR) is 165 cm³/mol. The number of hydrogen-bond donors (Lipinski definition) is 2. The summed E-state index contributed by atoms with van der Waals surface area (Å²) in [6.45, 7) is 4.16. The van der Waals surface area contributed by atoms with Crippen LogP contribution in [0.25, 0.3) is 0 Å². The van der Waals surface area contributed by atoms with Crippen LogP contribution in [-0.4, -0.2) is 56.3 Å². The lowest BCUT2D eigenvalue weighted by atomic mass is 9.82. The number of carbonyl (C=O) groups excluding carboxylic acids is 2. The minimum absolute atomic E-state index is 0.155. The van der Waals surface area contributed by atoms with Crippen LogP contribution in [-0.2, 0) is 22.4 Å². The van der Waals surface area contributed by atoms with Gasteiger partial charge in [-0.2, -0.15) is 0 Å².